The molecule has 1 atom stereocenters. The molecule has 1 aliphatic heterocycles. The maximum Gasteiger partial charge on any atom is 0.270 e. The highest BCUT2D eigenvalue weighted by Gasteiger charge is 2.16. The molecule has 0 radical (unpaired) electrons. The van der Waals surface area contributed by atoms with Crippen LogP contribution in [0.15, 0.2) is 28.7 Å². The Morgan fingerprint density at radius 1 is 1.23 bits per heavy atom. The van der Waals surface area contributed by atoms with Gasteiger partial charge in [0.1, 0.15) is 0 Å². The van der Waals surface area contributed by atoms with Gasteiger partial charge in [-0.25, -0.2) is 0 Å². The van der Waals surface area contributed by atoms with E-state index in [1.807, 2.05) is 27.7 Å². The predicted molar refractivity (Wildman–Crippen MR) is 96.7 cm³/mol. The van der Waals surface area contributed by atoms with Crippen molar-refractivity contribution in [2.75, 3.05) is 5.75 Å². The molecule has 1 aromatic carbocycles. The third kappa shape index (κ3) is 5.85. The third-order valence-electron chi connectivity index (χ3n) is 3.34. The van der Waals surface area contributed by atoms with Crippen molar-refractivity contribution in [2.24, 2.45) is 0 Å². The fraction of sp³-hybridized carbons (Fsp3) is 0.467. The molecule has 0 spiro atoms. The van der Waals surface area contributed by atoms with Gasteiger partial charge in [-0.15, -0.1) is 0 Å². The lowest BCUT2D eigenvalue weighted by Gasteiger charge is -2.09. The summed E-state index contributed by atoms with van der Waals surface area (Å²) in [6.45, 7) is 0. The minimum Gasteiger partial charge on any atom is -0.273 e. The molecule has 0 saturated carbocycles. The number of rotatable bonds is 6. The number of amides is 2. The van der Waals surface area contributed by atoms with Gasteiger partial charge in [-0.2, -0.15) is 0 Å². The van der Waals surface area contributed by atoms with Gasteiger partial charge in [0.15, 0.2) is 0 Å². The second-order valence-corrected chi connectivity index (χ2v) is 8.70. The summed E-state index contributed by atoms with van der Waals surface area (Å²) in [4.78, 5) is 23.6. The van der Waals surface area contributed by atoms with Gasteiger partial charge in [0.25, 0.3) is 5.91 Å². The Bertz CT molecular complexity index is 522. The third-order valence-corrected chi connectivity index (χ3v) is 7.04. The summed E-state index contributed by atoms with van der Waals surface area (Å²) in [6, 6.07) is 7.10. The highest BCUT2D eigenvalue weighted by molar-refractivity contribution is 9.10. The molecule has 0 aliphatic carbocycles. The van der Waals surface area contributed by atoms with E-state index in [4.69, 9.17) is 0 Å². The second-order valence-electron chi connectivity index (χ2n) is 5.06. The van der Waals surface area contributed by atoms with E-state index in [0.717, 1.165) is 18.1 Å². The summed E-state index contributed by atoms with van der Waals surface area (Å²) >= 11 is 3.31. The zero-order valence-corrected chi connectivity index (χ0v) is 15.4. The average Bonchev–Trinajstić information content (AvgIpc) is 3.03. The van der Waals surface area contributed by atoms with Crippen LogP contribution < -0.4 is 10.9 Å². The number of nitrogens with one attached hydrogen (secondary N) is 2. The van der Waals surface area contributed by atoms with Gasteiger partial charge >= 0.3 is 0 Å². The molecule has 2 amide bonds. The first-order chi connectivity index (χ1) is 10.7. The number of hydrogen-bond donors (Lipinski definition) is 2. The van der Waals surface area contributed by atoms with Gasteiger partial charge in [0.05, 0.1) is 5.56 Å². The van der Waals surface area contributed by atoms with E-state index in [9.17, 15) is 9.59 Å². The topological polar surface area (TPSA) is 58.2 Å². The highest BCUT2D eigenvalue weighted by Crippen LogP contribution is 2.39. The van der Waals surface area contributed by atoms with Crippen molar-refractivity contribution in [1.82, 2.24) is 10.9 Å². The summed E-state index contributed by atoms with van der Waals surface area (Å²) in [5.41, 5.74) is 5.41. The highest BCUT2D eigenvalue weighted by atomic mass is 79.9. The molecule has 1 saturated heterocycles. The Labute approximate surface area is 147 Å². The van der Waals surface area contributed by atoms with Crippen LogP contribution in [0.25, 0.3) is 0 Å². The molecule has 1 unspecified atom stereocenters. The molecule has 120 valence electrons. The zero-order chi connectivity index (χ0) is 15.8. The standard InChI is InChI=1S/C15H19BrN2O2S2/c16-13-7-3-2-6-12(13)15(20)18-17-14(19)8-4-1-5-11-9-10-21-22-11/h2-3,6-7,11H,1,4-5,8-10H2,(H,17,19)(H,18,20). The first kappa shape index (κ1) is 17.7. The molecule has 4 nitrogen and oxygen atoms in total. The first-order valence-electron chi connectivity index (χ1n) is 7.29. The molecule has 0 aromatic heterocycles. The summed E-state index contributed by atoms with van der Waals surface area (Å²) in [5.74, 6) is 0.783. The number of hydrogen-bond acceptors (Lipinski definition) is 4. The van der Waals surface area contributed by atoms with Crippen LogP contribution in [-0.2, 0) is 4.79 Å². The van der Waals surface area contributed by atoms with Gasteiger partial charge in [0, 0.05) is 21.9 Å². The van der Waals surface area contributed by atoms with Crippen molar-refractivity contribution in [3.05, 3.63) is 34.3 Å². The van der Waals surface area contributed by atoms with E-state index < -0.39 is 0 Å². The number of unbranched alkanes of at least 4 members (excludes halogenated alkanes) is 1. The SMILES string of the molecule is O=C(CCCCC1CCSS1)NNC(=O)c1ccccc1Br. The van der Waals surface area contributed by atoms with E-state index in [1.54, 1.807) is 18.2 Å². The lowest BCUT2D eigenvalue weighted by molar-refractivity contribution is -0.122. The Hall–Kier alpha value is -0.660. The van der Waals surface area contributed by atoms with Crippen molar-refractivity contribution in [2.45, 2.75) is 37.4 Å². The Kier molecular flexibility index (Phi) is 7.62. The van der Waals surface area contributed by atoms with Crippen molar-refractivity contribution in [1.29, 1.82) is 0 Å². The maximum atomic E-state index is 11.9. The second kappa shape index (κ2) is 9.47. The molecule has 1 fully saturated rings. The largest absolute Gasteiger partial charge is 0.273 e. The quantitative estimate of drug-likeness (QED) is 0.429. The summed E-state index contributed by atoms with van der Waals surface area (Å²) in [5, 5.41) is 0.753. The van der Waals surface area contributed by atoms with Crippen LogP contribution in [0.1, 0.15) is 42.5 Å². The van der Waals surface area contributed by atoms with Crippen molar-refractivity contribution >= 4 is 49.3 Å². The number of benzene rings is 1. The fourth-order valence-corrected chi connectivity index (χ4v) is 5.62. The molecule has 22 heavy (non-hydrogen) atoms. The molecular weight excluding hydrogens is 384 g/mol. The van der Waals surface area contributed by atoms with Crippen LogP contribution in [0.3, 0.4) is 0 Å². The summed E-state index contributed by atoms with van der Waals surface area (Å²) in [6.07, 6.45) is 4.82. The van der Waals surface area contributed by atoms with Crippen LogP contribution in [0.4, 0.5) is 0 Å². The van der Waals surface area contributed by atoms with Gasteiger partial charge in [-0.1, -0.05) is 40.1 Å². The molecule has 7 heteroatoms. The lowest BCUT2D eigenvalue weighted by Crippen LogP contribution is -2.41. The molecule has 1 heterocycles. The molecule has 2 rings (SSSR count). The van der Waals surface area contributed by atoms with E-state index in [1.165, 1.54) is 18.6 Å². The lowest BCUT2D eigenvalue weighted by atomic mass is 10.1. The first-order valence-corrected chi connectivity index (χ1v) is 10.5. The smallest absolute Gasteiger partial charge is 0.270 e. The Morgan fingerprint density at radius 3 is 2.77 bits per heavy atom. The van der Waals surface area contributed by atoms with Gasteiger partial charge in [0.2, 0.25) is 5.91 Å². The van der Waals surface area contributed by atoms with Crippen LogP contribution >= 0.6 is 37.5 Å². The molecule has 0 bridgehead atoms. The van der Waals surface area contributed by atoms with E-state index in [-0.39, 0.29) is 11.8 Å². The summed E-state index contributed by atoms with van der Waals surface area (Å²) < 4.78 is 0.702. The number of halogens is 1. The fourth-order valence-electron chi connectivity index (χ4n) is 2.12. The van der Waals surface area contributed by atoms with Gasteiger partial charge in [-0.3, -0.25) is 20.4 Å². The van der Waals surface area contributed by atoms with Crippen LogP contribution in [0, 0.1) is 0 Å². The van der Waals surface area contributed by atoms with Crippen molar-refractivity contribution in [3.63, 3.8) is 0 Å². The summed E-state index contributed by atoms with van der Waals surface area (Å²) in [7, 11) is 3.91. The molecule has 1 aromatic rings. The van der Waals surface area contributed by atoms with Gasteiger partial charge in [-0.05, 0) is 47.3 Å². The normalized spacial score (nSPS) is 17.2. The van der Waals surface area contributed by atoms with Crippen molar-refractivity contribution in [3.8, 4) is 0 Å². The van der Waals surface area contributed by atoms with Gasteiger partial charge < -0.3 is 0 Å². The predicted octanol–water partition coefficient (Wildman–Crippen LogP) is 3.92. The molecule has 1 aliphatic rings. The monoisotopic (exact) mass is 402 g/mol. The minimum atomic E-state index is -0.319. The minimum absolute atomic E-state index is 0.145. The van der Waals surface area contributed by atoms with E-state index in [0.29, 0.717) is 16.5 Å². The Balaban J connectivity index is 1.61. The Morgan fingerprint density at radius 2 is 2.05 bits per heavy atom. The molecular formula is C15H19BrN2O2S2. The number of carbonyl (C=O) groups is 2. The van der Waals surface area contributed by atoms with Crippen LogP contribution in [0.2, 0.25) is 0 Å². The van der Waals surface area contributed by atoms with Crippen LogP contribution in [-0.4, -0.2) is 22.8 Å². The van der Waals surface area contributed by atoms with Crippen molar-refractivity contribution < 1.29 is 9.59 Å². The maximum absolute atomic E-state index is 11.9. The van der Waals surface area contributed by atoms with E-state index >= 15 is 0 Å². The zero-order valence-electron chi connectivity index (χ0n) is 12.1. The average molecular weight is 403 g/mol. The van der Waals surface area contributed by atoms with E-state index in [2.05, 4.69) is 26.8 Å². The number of hydrazine groups is 1. The molecule has 2 N–H and O–H groups in total. The van der Waals surface area contributed by atoms with Crippen LogP contribution in [0.5, 0.6) is 0 Å². The number of carbonyl (C=O) groups excluding carboxylic acids is 2.